The van der Waals surface area contributed by atoms with Gasteiger partial charge in [-0.2, -0.15) is 5.10 Å². The van der Waals surface area contributed by atoms with Crippen LogP contribution < -0.4 is 5.32 Å². The van der Waals surface area contributed by atoms with E-state index in [0.717, 1.165) is 22.7 Å². The van der Waals surface area contributed by atoms with Crippen molar-refractivity contribution in [3.8, 4) is 11.3 Å². The predicted molar refractivity (Wildman–Crippen MR) is 93.0 cm³/mol. The fourth-order valence-electron chi connectivity index (χ4n) is 2.64. The van der Waals surface area contributed by atoms with Crippen LogP contribution in [0.3, 0.4) is 0 Å². The summed E-state index contributed by atoms with van der Waals surface area (Å²) >= 11 is 0. The van der Waals surface area contributed by atoms with E-state index in [1.54, 1.807) is 6.07 Å². The molecule has 0 bridgehead atoms. The topological polar surface area (TPSA) is 88.0 Å². The second-order valence-electron chi connectivity index (χ2n) is 5.58. The van der Waals surface area contributed by atoms with Crippen molar-refractivity contribution < 1.29 is 4.79 Å². The van der Waals surface area contributed by atoms with Crippen LogP contribution in [0.15, 0.2) is 60.8 Å². The third-order valence-electron chi connectivity index (χ3n) is 3.91. The lowest BCUT2D eigenvalue weighted by Crippen LogP contribution is -2.26. The number of hydrogen-bond acceptors (Lipinski definition) is 4. The zero-order valence-corrected chi connectivity index (χ0v) is 13.4. The number of carbonyl (C=O) groups is 1. The van der Waals surface area contributed by atoms with Gasteiger partial charge in [-0.1, -0.05) is 36.4 Å². The van der Waals surface area contributed by atoms with Crippen molar-refractivity contribution in [1.82, 2.24) is 30.1 Å². The Kier molecular flexibility index (Phi) is 3.96. The molecule has 2 N–H and O–H groups in total. The van der Waals surface area contributed by atoms with E-state index in [9.17, 15) is 4.79 Å². The normalized spacial score (nSPS) is 10.9. The van der Waals surface area contributed by atoms with Gasteiger partial charge < -0.3 is 5.32 Å². The van der Waals surface area contributed by atoms with Gasteiger partial charge in [-0.05, 0) is 18.2 Å². The van der Waals surface area contributed by atoms with Gasteiger partial charge in [-0.15, -0.1) is 10.2 Å². The van der Waals surface area contributed by atoms with Crippen LogP contribution in [0.5, 0.6) is 0 Å². The zero-order chi connectivity index (χ0) is 17.1. The molecule has 0 aliphatic heterocycles. The second kappa shape index (κ2) is 6.56. The number of aromatic nitrogens is 5. The minimum absolute atomic E-state index is 0.191. The molecule has 0 fully saturated rings. The number of aromatic amines is 1. The highest BCUT2D eigenvalue weighted by Gasteiger charge is 2.11. The fraction of sp³-hybridized carbons (Fsp3) is 0.111. The number of nitrogens with one attached hydrogen (secondary N) is 2. The zero-order valence-electron chi connectivity index (χ0n) is 13.4. The van der Waals surface area contributed by atoms with Crippen molar-refractivity contribution in [3.63, 3.8) is 0 Å². The third kappa shape index (κ3) is 3.12. The number of rotatable bonds is 5. The van der Waals surface area contributed by atoms with Gasteiger partial charge >= 0.3 is 0 Å². The first-order valence-corrected chi connectivity index (χ1v) is 7.99. The summed E-state index contributed by atoms with van der Waals surface area (Å²) in [6.07, 6.45) is 2.50. The Hall–Kier alpha value is -3.48. The van der Waals surface area contributed by atoms with Gasteiger partial charge in [0, 0.05) is 24.7 Å². The molecule has 1 amide bonds. The van der Waals surface area contributed by atoms with Crippen LogP contribution in [0.1, 0.15) is 16.3 Å². The van der Waals surface area contributed by atoms with Crippen molar-refractivity contribution in [2.24, 2.45) is 0 Å². The molecule has 7 nitrogen and oxygen atoms in total. The summed E-state index contributed by atoms with van der Waals surface area (Å²) in [7, 11) is 0. The first-order valence-electron chi connectivity index (χ1n) is 7.99. The Balaban J connectivity index is 1.39. The molecule has 4 aromatic rings. The van der Waals surface area contributed by atoms with E-state index in [1.807, 2.05) is 59.1 Å². The molecule has 4 rings (SSSR count). The van der Waals surface area contributed by atoms with Gasteiger partial charge in [0.05, 0.1) is 5.69 Å². The van der Waals surface area contributed by atoms with E-state index in [1.165, 1.54) is 0 Å². The van der Waals surface area contributed by atoms with E-state index >= 15 is 0 Å². The number of H-pyrrole nitrogens is 1. The average Bonchev–Trinajstić information content (AvgIpc) is 3.30. The Labute approximate surface area is 143 Å². The molecule has 1 aromatic carbocycles. The monoisotopic (exact) mass is 332 g/mol. The predicted octanol–water partition coefficient (Wildman–Crippen LogP) is 2.09. The molecular weight excluding hydrogens is 316 g/mol. The summed E-state index contributed by atoms with van der Waals surface area (Å²) in [4.78, 5) is 12.3. The Morgan fingerprint density at radius 1 is 1.08 bits per heavy atom. The highest BCUT2D eigenvalue weighted by atomic mass is 16.1. The lowest BCUT2D eigenvalue weighted by atomic mass is 10.1. The maximum atomic E-state index is 12.3. The van der Waals surface area contributed by atoms with Crippen LogP contribution in [-0.2, 0) is 6.42 Å². The summed E-state index contributed by atoms with van der Waals surface area (Å²) in [5, 5.41) is 18.1. The average molecular weight is 332 g/mol. The second-order valence-corrected chi connectivity index (χ2v) is 5.58. The summed E-state index contributed by atoms with van der Waals surface area (Å²) in [6, 6.07) is 17.2. The molecule has 7 heteroatoms. The van der Waals surface area contributed by atoms with Gasteiger partial charge in [-0.25, -0.2) is 0 Å². The minimum Gasteiger partial charge on any atom is -0.350 e. The number of hydrogen-bond donors (Lipinski definition) is 2. The molecule has 25 heavy (non-hydrogen) atoms. The Morgan fingerprint density at radius 3 is 2.80 bits per heavy atom. The van der Waals surface area contributed by atoms with Gasteiger partial charge in [0.25, 0.3) is 5.91 Å². The quantitative estimate of drug-likeness (QED) is 0.586. The Morgan fingerprint density at radius 2 is 1.92 bits per heavy atom. The number of amides is 1. The number of fused-ring (bicyclic) bond motifs is 1. The van der Waals surface area contributed by atoms with E-state index < -0.39 is 0 Å². The molecule has 0 saturated heterocycles. The van der Waals surface area contributed by atoms with Gasteiger partial charge in [0.1, 0.15) is 11.5 Å². The van der Waals surface area contributed by atoms with Crippen LogP contribution >= 0.6 is 0 Å². The third-order valence-corrected chi connectivity index (χ3v) is 3.91. The molecule has 0 radical (unpaired) electrons. The molecule has 0 aliphatic carbocycles. The number of pyridine rings is 1. The molecule has 124 valence electrons. The van der Waals surface area contributed by atoms with E-state index in [-0.39, 0.29) is 5.91 Å². The SMILES string of the molecule is O=C(NCCc1nnc2ccccn12)c1cc(-c2ccccc2)n[nH]1. The standard InChI is InChI=1S/C18H16N6O/c25-18(15-12-14(20-21-15)13-6-2-1-3-7-13)19-10-9-17-23-22-16-8-4-5-11-24(16)17/h1-8,11-12H,9-10H2,(H,19,25)(H,20,21). The first-order chi connectivity index (χ1) is 12.3. The van der Waals surface area contributed by atoms with E-state index in [4.69, 9.17) is 0 Å². The van der Waals surface area contributed by atoms with Crippen molar-refractivity contribution >= 4 is 11.6 Å². The molecule has 0 unspecified atom stereocenters. The van der Waals surface area contributed by atoms with Crippen molar-refractivity contribution in [3.05, 3.63) is 72.3 Å². The summed E-state index contributed by atoms with van der Waals surface area (Å²) < 4.78 is 1.91. The molecule has 0 atom stereocenters. The van der Waals surface area contributed by atoms with Gasteiger partial charge in [-0.3, -0.25) is 14.3 Å². The van der Waals surface area contributed by atoms with E-state index in [2.05, 4.69) is 25.7 Å². The summed E-state index contributed by atoms with van der Waals surface area (Å²) in [5.74, 6) is 0.619. The van der Waals surface area contributed by atoms with Crippen molar-refractivity contribution in [2.75, 3.05) is 6.54 Å². The maximum Gasteiger partial charge on any atom is 0.269 e. The molecule has 0 aliphatic rings. The van der Waals surface area contributed by atoms with E-state index in [0.29, 0.717) is 18.7 Å². The summed E-state index contributed by atoms with van der Waals surface area (Å²) in [6.45, 7) is 0.466. The molecule has 3 aromatic heterocycles. The molecular formula is C18H16N6O. The molecule has 0 saturated carbocycles. The Bertz CT molecular complexity index is 1000. The smallest absolute Gasteiger partial charge is 0.269 e. The number of benzene rings is 1. The van der Waals surface area contributed by atoms with Gasteiger partial charge in [0.2, 0.25) is 0 Å². The van der Waals surface area contributed by atoms with Crippen LogP contribution in [0.2, 0.25) is 0 Å². The number of nitrogens with zero attached hydrogens (tertiary/aromatic N) is 4. The van der Waals surface area contributed by atoms with Crippen LogP contribution in [-0.4, -0.2) is 37.2 Å². The molecule has 0 spiro atoms. The number of carbonyl (C=O) groups excluding carboxylic acids is 1. The maximum absolute atomic E-state index is 12.3. The van der Waals surface area contributed by atoms with Crippen LogP contribution in [0.4, 0.5) is 0 Å². The largest absolute Gasteiger partial charge is 0.350 e. The van der Waals surface area contributed by atoms with Crippen LogP contribution in [0.25, 0.3) is 16.9 Å². The fourth-order valence-corrected chi connectivity index (χ4v) is 2.64. The van der Waals surface area contributed by atoms with Crippen LogP contribution in [0, 0.1) is 0 Å². The first kappa shape index (κ1) is 15.1. The lowest BCUT2D eigenvalue weighted by Gasteiger charge is -2.02. The highest BCUT2D eigenvalue weighted by molar-refractivity contribution is 5.93. The summed E-state index contributed by atoms with van der Waals surface area (Å²) in [5.41, 5.74) is 2.94. The highest BCUT2D eigenvalue weighted by Crippen LogP contribution is 2.16. The minimum atomic E-state index is -0.191. The van der Waals surface area contributed by atoms with Crippen molar-refractivity contribution in [2.45, 2.75) is 6.42 Å². The molecule has 3 heterocycles. The van der Waals surface area contributed by atoms with Crippen molar-refractivity contribution in [1.29, 1.82) is 0 Å². The van der Waals surface area contributed by atoms with Gasteiger partial charge in [0.15, 0.2) is 5.65 Å². The lowest BCUT2D eigenvalue weighted by molar-refractivity contribution is 0.0949.